The van der Waals surface area contributed by atoms with E-state index in [1.54, 1.807) is 37.6 Å². The minimum Gasteiger partial charge on any atom is -0.494 e. The summed E-state index contributed by atoms with van der Waals surface area (Å²) in [4.78, 5) is 33.6. The van der Waals surface area contributed by atoms with Gasteiger partial charge in [-0.25, -0.2) is 14.8 Å². The fourth-order valence-corrected chi connectivity index (χ4v) is 4.55. The molecule has 0 aliphatic carbocycles. The summed E-state index contributed by atoms with van der Waals surface area (Å²) in [5.74, 6) is -0.108. The van der Waals surface area contributed by atoms with Crippen LogP contribution in [0, 0.1) is 0 Å². The zero-order valence-corrected chi connectivity index (χ0v) is 24.2. The molecule has 0 fully saturated rings. The maximum atomic E-state index is 12.7. The molecule has 8 nitrogen and oxygen atoms in total. The second-order valence-corrected chi connectivity index (χ2v) is 10.2. The fourth-order valence-electron chi connectivity index (χ4n) is 4.55. The largest absolute Gasteiger partial charge is 0.494 e. The van der Waals surface area contributed by atoms with Crippen LogP contribution in [-0.4, -0.2) is 46.6 Å². The molecule has 0 radical (unpaired) electrons. The summed E-state index contributed by atoms with van der Waals surface area (Å²) in [6.07, 6.45) is 9.78. The van der Waals surface area contributed by atoms with Crippen LogP contribution in [0.2, 0.25) is 0 Å². The Morgan fingerprint density at radius 2 is 1.55 bits per heavy atom. The fraction of sp³-hybridized carbons (Fsp3) is 0.294. The number of unbranched alkanes of at least 4 members (excludes halogenated alkanes) is 4. The molecule has 3 N–H and O–H groups in total. The van der Waals surface area contributed by atoms with E-state index in [4.69, 9.17) is 4.74 Å². The van der Waals surface area contributed by atoms with Gasteiger partial charge in [0.2, 0.25) is 0 Å². The van der Waals surface area contributed by atoms with Crippen molar-refractivity contribution >= 4 is 17.6 Å². The zero-order chi connectivity index (χ0) is 29.7. The van der Waals surface area contributed by atoms with E-state index in [0.29, 0.717) is 11.4 Å². The highest BCUT2D eigenvalue weighted by Gasteiger charge is 2.21. The number of carboxylic acid groups (broad SMARTS) is 1. The number of carbonyl (C=O) groups is 2. The molecule has 218 valence electrons. The smallest absolute Gasteiger partial charge is 0.326 e. The van der Waals surface area contributed by atoms with Gasteiger partial charge in [0.25, 0.3) is 5.91 Å². The second-order valence-electron chi connectivity index (χ2n) is 10.2. The molecule has 3 aromatic carbocycles. The molecule has 0 spiro atoms. The number of carboxylic acids is 1. The number of anilines is 1. The van der Waals surface area contributed by atoms with Crippen molar-refractivity contribution < 1.29 is 19.4 Å². The summed E-state index contributed by atoms with van der Waals surface area (Å²) in [5, 5.41) is 15.3. The van der Waals surface area contributed by atoms with Crippen LogP contribution in [-0.2, 0) is 11.2 Å². The van der Waals surface area contributed by atoms with Crippen LogP contribution in [0.4, 0.5) is 5.69 Å². The molecule has 1 amide bonds. The minimum atomic E-state index is -1.10. The van der Waals surface area contributed by atoms with Gasteiger partial charge in [0.15, 0.2) is 5.82 Å². The number of nitrogens with zero attached hydrogens (tertiary/aromatic N) is 2. The first-order chi connectivity index (χ1) is 20.5. The maximum absolute atomic E-state index is 12.7. The molecule has 8 heteroatoms. The third-order valence-corrected chi connectivity index (χ3v) is 7.02. The molecular formula is C34H38N4O4. The molecule has 0 bridgehead atoms. The Balaban J connectivity index is 1.33. The number of aliphatic carboxylic acids is 1. The van der Waals surface area contributed by atoms with E-state index in [-0.39, 0.29) is 6.42 Å². The Morgan fingerprint density at radius 3 is 2.21 bits per heavy atom. The van der Waals surface area contributed by atoms with Crippen LogP contribution in [0.1, 0.15) is 54.9 Å². The molecule has 1 unspecified atom stereocenters. The van der Waals surface area contributed by atoms with Gasteiger partial charge >= 0.3 is 5.97 Å². The lowest BCUT2D eigenvalue weighted by molar-refractivity contribution is -0.139. The maximum Gasteiger partial charge on any atom is 0.326 e. The van der Waals surface area contributed by atoms with Crippen LogP contribution in [0.25, 0.3) is 22.5 Å². The van der Waals surface area contributed by atoms with Crippen LogP contribution >= 0.6 is 0 Å². The van der Waals surface area contributed by atoms with E-state index < -0.39 is 17.9 Å². The molecule has 42 heavy (non-hydrogen) atoms. The molecule has 1 aromatic heterocycles. The summed E-state index contributed by atoms with van der Waals surface area (Å²) in [7, 11) is 1.76. The van der Waals surface area contributed by atoms with Crippen molar-refractivity contribution in [3.8, 4) is 28.3 Å². The highest BCUT2D eigenvalue weighted by Crippen LogP contribution is 2.24. The van der Waals surface area contributed by atoms with E-state index in [1.807, 2.05) is 54.6 Å². The van der Waals surface area contributed by atoms with E-state index in [2.05, 4.69) is 27.5 Å². The first kappa shape index (κ1) is 30.2. The lowest BCUT2D eigenvalue weighted by Gasteiger charge is -2.15. The van der Waals surface area contributed by atoms with Crippen molar-refractivity contribution in [2.45, 2.75) is 51.5 Å². The van der Waals surface area contributed by atoms with Crippen molar-refractivity contribution in [1.82, 2.24) is 15.3 Å². The third kappa shape index (κ3) is 8.64. The molecule has 4 aromatic rings. The van der Waals surface area contributed by atoms with Crippen molar-refractivity contribution in [3.05, 3.63) is 96.3 Å². The van der Waals surface area contributed by atoms with Crippen molar-refractivity contribution in [1.29, 1.82) is 0 Å². The Kier molecular flexibility index (Phi) is 11.0. The van der Waals surface area contributed by atoms with Gasteiger partial charge in [-0.15, -0.1) is 0 Å². The number of carbonyl (C=O) groups excluding carboxylic acids is 1. The van der Waals surface area contributed by atoms with E-state index in [1.165, 1.54) is 25.7 Å². The Bertz CT molecular complexity index is 1440. The lowest BCUT2D eigenvalue weighted by Crippen LogP contribution is -2.42. The summed E-state index contributed by atoms with van der Waals surface area (Å²) >= 11 is 0. The molecule has 0 aliphatic heterocycles. The van der Waals surface area contributed by atoms with Gasteiger partial charge in [-0.05, 0) is 47.9 Å². The SMILES string of the molecule is CCCCCCCOc1ccc(-c2cnc(-c3ccc(CC(NC(=O)c4cccc(NC)c4)C(=O)O)cc3)nc2)cc1. The molecule has 0 saturated heterocycles. The average Bonchev–Trinajstić information content (AvgIpc) is 3.03. The van der Waals surface area contributed by atoms with Gasteiger partial charge in [0.05, 0.1) is 6.61 Å². The Hall–Kier alpha value is -4.72. The normalized spacial score (nSPS) is 11.5. The average molecular weight is 567 g/mol. The van der Waals surface area contributed by atoms with Gasteiger partial charge in [0.1, 0.15) is 11.8 Å². The summed E-state index contributed by atoms with van der Waals surface area (Å²) in [5.41, 5.74) is 4.66. The van der Waals surface area contributed by atoms with Crippen molar-refractivity contribution in [3.63, 3.8) is 0 Å². The van der Waals surface area contributed by atoms with Gasteiger partial charge in [-0.3, -0.25) is 4.79 Å². The first-order valence-electron chi connectivity index (χ1n) is 14.4. The van der Waals surface area contributed by atoms with E-state index in [9.17, 15) is 14.7 Å². The number of ether oxygens (including phenoxy) is 1. The number of amides is 1. The summed E-state index contributed by atoms with van der Waals surface area (Å²) in [6, 6.07) is 21.2. The number of hydrogen-bond acceptors (Lipinski definition) is 6. The molecule has 0 aliphatic rings. The third-order valence-electron chi connectivity index (χ3n) is 7.02. The van der Waals surface area contributed by atoms with E-state index >= 15 is 0 Å². The first-order valence-corrected chi connectivity index (χ1v) is 14.4. The molecule has 4 rings (SSSR count). The Labute approximate surface area is 247 Å². The quantitative estimate of drug-likeness (QED) is 0.138. The van der Waals surface area contributed by atoms with Crippen molar-refractivity contribution in [2.75, 3.05) is 19.0 Å². The van der Waals surface area contributed by atoms with Gasteiger partial charge < -0.3 is 20.5 Å². The number of rotatable bonds is 15. The predicted octanol–water partition coefficient (Wildman–Crippen LogP) is 6.63. The van der Waals surface area contributed by atoms with Gasteiger partial charge in [-0.2, -0.15) is 0 Å². The van der Waals surface area contributed by atoms with Crippen LogP contribution in [0.15, 0.2) is 85.2 Å². The Morgan fingerprint density at radius 1 is 0.857 bits per heavy atom. The highest BCUT2D eigenvalue weighted by atomic mass is 16.5. The highest BCUT2D eigenvalue weighted by molar-refractivity contribution is 5.97. The van der Waals surface area contributed by atoms with Gasteiger partial charge in [-0.1, -0.05) is 75.1 Å². The van der Waals surface area contributed by atoms with Crippen LogP contribution in [0.5, 0.6) is 5.75 Å². The number of benzene rings is 3. The number of aromatic nitrogens is 2. The molecule has 0 saturated carbocycles. The topological polar surface area (TPSA) is 113 Å². The molecule has 1 atom stereocenters. The summed E-state index contributed by atoms with van der Waals surface area (Å²) < 4.78 is 5.86. The zero-order valence-electron chi connectivity index (χ0n) is 24.2. The second kappa shape index (κ2) is 15.3. The van der Waals surface area contributed by atoms with Gasteiger partial charge in [0, 0.05) is 48.2 Å². The lowest BCUT2D eigenvalue weighted by atomic mass is 10.0. The monoisotopic (exact) mass is 566 g/mol. The van der Waals surface area contributed by atoms with Crippen molar-refractivity contribution in [2.24, 2.45) is 0 Å². The van der Waals surface area contributed by atoms with Crippen LogP contribution < -0.4 is 15.4 Å². The molecular weight excluding hydrogens is 528 g/mol. The number of nitrogens with one attached hydrogen (secondary N) is 2. The standard InChI is InChI=1S/C34H38N4O4/c1-3-4-5-6-7-19-42-30-17-15-25(16-18-30)28-22-36-32(37-23-28)26-13-11-24(12-14-26)20-31(34(40)41)38-33(39)27-9-8-10-29(21-27)35-2/h8-18,21-23,31,35H,3-7,19-20H2,1-2H3,(H,38,39)(H,40,41). The minimum absolute atomic E-state index is 0.144. The molecule has 1 heterocycles. The number of hydrogen-bond donors (Lipinski definition) is 3. The predicted molar refractivity (Wildman–Crippen MR) is 166 cm³/mol. The van der Waals surface area contributed by atoms with Crippen LogP contribution in [0.3, 0.4) is 0 Å². The van der Waals surface area contributed by atoms with E-state index in [0.717, 1.165) is 46.7 Å². The summed E-state index contributed by atoms with van der Waals surface area (Å²) in [6.45, 7) is 2.95.